The molecule has 0 unspecified atom stereocenters. The topological polar surface area (TPSA) is 650 Å². The maximum atomic E-state index is 13.9. The third-order valence-corrected chi connectivity index (χ3v) is 30.3. The van der Waals surface area contributed by atoms with Gasteiger partial charge in [-0.1, -0.05) is 97.1 Å². The molecule has 0 atom stereocenters. The number of hydrogen-bond donors (Lipinski definition) is 7. The Balaban J connectivity index is 0.000000312. The van der Waals surface area contributed by atoms with Gasteiger partial charge in [0, 0.05) is 93.7 Å². The minimum atomic E-state index is -4.57. The van der Waals surface area contributed by atoms with E-state index in [2.05, 4.69) is 30.0 Å². The van der Waals surface area contributed by atoms with Crippen molar-refractivity contribution in [2.24, 2.45) is 5.73 Å². The van der Waals surface area contributed by atoms with Gasteiger partial charge in [0.15, 0.2) is 15.5 Å². The zero-order valence-corrected chi connectivity index (χ0v) is 83.0. The van der Waals surface area contributed by atoms with Crippen LogP contribution in [0.1, 0.15) is 122 Å². The molecule has 5 heterocycles. The molecule has 0 radical (unpaired) electrons. The number of amides is 1. The molecule has 0 saturated carbocycles. The van der Waals surface area contributed by atoms with Crippen molar-refractivity contribution in [2.75, 3.05) is 104 Å². The third kappa shape index (κ3) is 38.6. The summed E-state index contributed by atoms with van der Waals surface area (Å²) in [6, 6.07) is 49.0. The molecule has 10 aromatic rings. The number of aliphatic hydroxyl groups excluding tert-OH is 1. The SMILES string of the molecule is CCOP(=O)(CCN(Cc1ccccn1)S(=O)(=O)c1ccc([N+](=O)[O-])cc1[N+](=O)[O-])OCC.CCOP(=O)(CCN)OCC.CCOP(=O)(CCNCc1ccccn1)OCC.CCOP(=O)(CCNS(=O)(=O)c1ccc([N+](=O)[O-])cc1[N+](=O)[O-])OCC.O=C(O)C(=O)O.O=C(O)c1c2c(c(OC(c3ccccc3)c3ccccc3)c3ncccc13)C(=O)N(Cc1ccc(F)cc1)C2.OCc1ccccn1. The van der Waals surface area contributed by atoms with E-state index < -0.39 is 127 Å². The number of carbonyl (C=O) groups excluding carboxylic acids is 1. The molecular formula is C88H110FN13O33P4S2. The largest absolute Gasteiger partial charge is 0.478 e. The summed E-state index contributed by atoms with van der Waals surface area (Å²) in [6.45, 7) is 16.3. The maximum Gasteiger partial charge on any atom is 0.414 e. The van der Waals surface area contributed by atoms with Gasteiger partial charge < -0.3 is 77.3 Å². The minimum Gasteiger partial charge on any atom is -0.478 e. The van der Waals surface area contributed by atoms with Crippen LogP contribution in [0.5, 0.6) is 5.75 Å². The number of carboxylic acid groups (broad SMARTS) is 3. The molecule has 1 aliphatic rings. The highest BCUT2D eigenvalue weighted by molar-refractivity contribution is 7.89. The molecule has 0 saturated heterocycles. The Hall–Kier alpha value is -12.3. The highest BCUT2D eigenvalue weighted by atomic mass is 32.2. The number of aliphatic hydroxyl groups is 1. The number of ether oxygens (including phenoxy) is 1. The number of nitrogens with one attached hydrogen (secondary N) is 2. The molecule has 0 spiro atoms. The first-order valence-electron chi connectivity index (χ1n) is 43.1. The van der Waals surface area contributed by atoms with Crippen molar-refractivity contribution in [3.63, 3.8) is 0 Å². The van der Waals surface area contributed by atoms with E-state index >= 15 is 0 Å². The minimum absolute atomic E-state index is 0.0286. The first-order valence-corrected chi connectivity index (χ1v) is 52.9. The number of nitro benzene ring substituents is 4. The molecule has 46 nitrogen and oxygen atoms in total. The Labute approximate surface area is 811 Å². The number of fused-ring (bicyclic) bond motifs is 2. The van der Waals surface area contributed by atoms with Crippen molar-refractivity contribution in [3.8, 4) is 5.75 Å². The van der Waals surface area contributed by atoms with Gasteiger partial charge in [-0.3, -0.25) is 83.4 Å². The Morgan fingerprint density at radius 3 is 1.35 bits per heavy atom. The highest BCUT2D eigenvalue weighted by Crippen LogP contribution is 2.51. The number of aromatic nitrogens is 4. The maximum absolute atomic E-state index is 13.9. The monoisotopic (exact) mass is 2080 g/mol. The van der Waals surface area contributed by atoms with Gasteiger partial charge in [-0.15, -0.1) is 0 Å². The molecule has 1 aliphatic heterocycles. The van der Waals surface area contributed by atoms with Crippen LogP contribution in [0, 0.1) is 46.3 Å². The number of hydrogen-bond acceptors (Lipinski definition) is 36. The normalized spacial score (nSPS) is 11.8. The molecule has 0 aliphatic carbocycles. The van der Waals surface area contributed by atoms with Crippen molar-refractivity contribution in [3.05, 3.63) is 310 Å². The lowest BCUT2D eigenvalue weighted by Crippen LogP contribution is -2.34. The van der Waals surface area contributed by atoms with Crippen LogP contribution in [0.15, 0.2) is 223 Å². The quantitative estimate of drug-likeness (QED) is 0.00612. The molecule has 6 aromatic carbocycles. The predicted octanol–water partition coefficient (Wildman–Crippen LogP) is 15.2. The molecule has 8 N–H and O–H groups in total. The van der Waals surface area contributed by atoms with Gasteiger partial charge >= 0.3 is 48.3 Å². The zero-order valence-electron chi connectivity index (χ0n) is 77.8. The molecule has 11 rings (SSSR count). The van der Waals surface area contributed by atoms with Crippen LogP contribution in [0.3, 0.4) is 0 Å². The number of aromatic carboxylic acids is 1. The molecular weight excluding hydrogens is 1970 g/mol. The van der Waals surface area contributed by atoms with E-state index in [0.717, 1.165) is 51.0 Å². The van der Waals surface area contributed by atoms with Crippen LogP contribution < -0.4 is 20.5 Å². The Morgan fingerprint density at radius 2 is 0.936 bits per heavy atom. The number of nitrogens with zero attached hydrogens (tertiary/aromatic N) is 10. The van der Waals surface area contributed by atoms with Crippen LogP contribution in [0.4, 0.5) is 27.1 Å². The smallest absolute Gasteiger partial charge is 0.414 e. The fraction of sp³-hybridized carbons (Fsp3) is 0.341. The first-order chi connectivity index (χ1) is 67.1. The van der Waals surface area contributed by atoms with Gasteiger partial charge in [0.05, 0.1) is 151 Å². The number of benzene rings is 6. The summed E-state index contributed by atoms with van der Waals surface area (Å²) in [5.74, 6) is -5.28. The average Bonchev–Trinajstić information content (AvgIpc) is 1.59. The number of carbonyl (C=O) groups is 4. The van der Waals surface area contributed by atoms with E-state index in [9.17, 15) is 94.6 Å². The fourth-order valence-corrected chi connectivity index (χ4v) is 21.8. The van der Waals surface area contributed by atoms with Crippen molar-refractivity contribution in [1.29, 1.82) is 0 Å². The second-order valence-corrected chi connectivity index (χ2v) is 40.7. The average molecular weight is 2080 g/mol. The van der Waals surface area contributed by atoms with E-state index in [1.807, 2.05) is 105 Å². The number of nitrogens with two attached hydrogens (primary N) is 1. The Kier molecular flexibility index (Phi) is 50.8. The van der Waals surface area contributed by atoms with Crippen LogP contribution in [-0.4, -0.2) is 214 Å². The number of pyridine rings is 4. The van der Waals surface area contributed by atoms with Gasteiger partial charge in [0.1, 0.15) is 17.4 Å². The van der Waals surface area contributed by atoms with E-state index in [1.165, 1.54) is 18.3 Å². The Bertz CT molecular complexity index is 6100. The van der Waals surface area contributed by atoms with Gasteiger partial charge in [0.2, 0.25) is 20.0 Å². The van der Waals surface area contributed by atoms with Crippen LogP contribution >= 0.6 is 30.4 Å². The molecule has 0 fully saturated rings. The van der Waals surface area contributed by atoms with Gasteiger partial charge in [0.25, 0.3) is 28.7 Å². The zero-order chi connectivity index (χ0) is 105. The Morgan fingerprint density at radius 1 is 0.518 bits per heavy atom. The van der Waals surface area contributed by atoms with E-state index in [-0.39, 0.29) is 107 Å². The van der Waals surface area contributed by atoms with Crippen molar-refractivity contribution in [1.82, 2.24) is 39.2 Å². The predicted molar refractivity (Wildman–Crippen MR) is 514 cm³/mol. The second kappa shape index (κ2) is 60.1. The summed E-state index contributed by atoms with van der Waals surface area (Å²) in [4.78, 5) is 102. The van der Waals surface area contributed by atoms with Crippen molar-refractivity contribution >= 4 is 108 Å². The lowest BCUT2D eigenvalue weighted by molar-refractivity contribution is -0.396. The summed E-state index contributed by atoms with van der Waals surface area (Å²) in [5, 5.41) is 81.3. The fourth-order valence-electron chi connectivity index (χ4n) is 12.7. The molecule has 4 aromatic heterocycles. The standard InChI is InChI=1S/C32H23FN2O4.C18H23N4O9PS.C12H18N3O9PS.C12H21N2O3P.C6H16NO3P.C6H7NO.C2H2O4/c33-23-15-13-20(14-16-23)18-35-19-25-26(32(37)38)24-12-7-17-34-28(24)30(27(25)31(35)36)39-29(21-8-3-1-4-9-21)22-10-5-2-6-11-22;1-3-30-32(27,31-4-2)12-11-20(14-15-7-5-6-10-19-15)33(28,29)18-9-8-16(21(23)24)13-17(18)22(25)26;1-3-23-25(20,24-4-2)8-7-13-26(21,22)12-6-5-10(14(16)17)9-11(12)15(18)19;1-3-16-18(15,17-4-2)10-9-13-11-12-7-5-6-8-14-12;1-3-9-11(8,6-5-7)10-4-2;8-5-6-3-1-2-4-7-6;3-1(4)2(5)6/h1-17,29H,18-19H2,(H,37,38);5-10,13H,3-4,11-12,14H2,1-2H3;5-6,9,13H,3-4,7-8H2,1-2H3;5-8,13H,3-4,9-11H2,1-2H3;3-7H2,1-2H3;1-4,8H,5H2;(H,3,4)(H,5,6). The van der Waals surface area contributed by atoms with E-state index in [0.29, 0.717) is 98.4 Å². The molecule has 0 bridgehead atoms. The van der Waals surface area contributed by atoms with E-state index in [4.69, 9.17) is 71.6 Å². The number of halogens is 1. The van der Waals surface area contributed by atoms with Gasteiger partial charge in [-0.2, -0.15) is 4.31 Å². The highest BCUT2D eigenvalue weighted by Gasteiger charge is 2.41. The van der Waals surface area contributed by atoms with Crippen LogP contribution in [0.2, 0.25) is 0 Å². The number of sulfonamides is 2. The number of rotatable bonds is 47. The lowest BCUT2D eigenvalue weighted by atomic mass is 9.96. The number of nitro groups is 4. The second-order valence-electron chi connectivity index (χ2n) is 28.3. The molecule has 53 heteroatoms. The summed E-state index contributed by atoms with van der Waals surface area (Å²) in [5.41, 5.74) is 7.49. The van der Waals surface area contributed by atoms with Gasteiger partial charge in [-0.25, -0.2) is 40.3 Å². The van der Waals surface area contributed by atoms with Gasteiger partial charge in [-0.05, 0) is 139 Å². The summed E-state index contributed by atoms with van der Waals surface area (Å²) < 4.78 is 164. The molecule has 764 valence electrons. The molecule has 1 amide bonds. The van der Waals surface area contributed by atoms with Crippen molar-refractivity contribution < 1.29 is 140 Å². The summed E-state index contributed by atoms with van der Waals surface area (Å²) >= 11 is 0. The third-order valence-electron chi connectivity index (χ3n) is 18.6. The summed E-state index contributed by atoms with van der Waals surface area (Å²) in [6.07, 6.45) is 5.92. The number of carboxylic acids is 3. The van der Waals surface area contributed by atoms with Crippen LogP contribution in [0.25, 0.3) is 10.9 Å². The van der Waals surface area contributed by atoms with Crippen molar-refractivity contribution in [2.45, 2.75) is 104 Å². The lowest BCUT2D eigenvalue weighted by Gasteiger charge is -2.24. The first kappa shape index (κ1) is 119. The van der Waals surface area contributed by atoms with E-state index in [1.54, 1.807) is 114 Å². The summed E-state index contributed by atoms with van der Waals surface area (Å²) in [7, 11) is -21.9. The van der Waals surface area contributed by atoms with Crippen LogP contribution in [-0.2, 0) is 117 Å². The number of aliphatic carboxylic acids is 2. The number of non-ortho nitro benzene ring substituents is 2. The molecule has 141 heavy (non-hydrogen) atoms.